The van der Waals surface area contributed by atoms with Gasteiger partial charge in [0.25, 0.3) is 0 Å². The molecule has 0 aliphatic carbocycles. The summed E-state index contributed by atoms with van der Waals surface area (Å²) >= 11 is 0. The van der Waals surface area contributed by atoms with E-state index in [0.717, 1.165) is 10.9 Å². The number of halogens is 1. The average Bonchev–Trinajstić information content (AvgIpc) is 2.87. The topological polar surface area (TPSA) is 84.2 Å². The standard InChI is InChI=1S/C15H14FN3O2/c16-11-7-10(17)1-2-12(11)21-13-3-5-18-15-14(13)9(4-6-20)8-19-15/h1-3,5,7-8,20H,4,6,17H2,(H,18,19). The van der Waals surface area contributed by atoms with Gasteiger partial charge in [0.2, 0.25) is 0 Å². The van der Waals surface area contributed by atoms with Crippen molar-refractivity contribution in [2.45, 2.75) is 6.42 Å². The van der Waals surface area contributed by atoms with Crippen LogP contribution in [0.2, 0.25) is 0 Å². The smallest absolute Gasteiger partial charge is 0.167 e. The predicted molar refractivity (Wildman–Crippen MR) is 77.8 cm³/mol. The molecule has 0 spiro atoms. The van der Waals surface area contributed by atoms with Crippen molar-refractivity contribution in [2.24, 2.45) is 0 Å². The zero-order chi connectivity index (χ0) is 14.8. The lowest BCUT2D eigenvalue weighted by molar-refractivity contribution is 0.300. The van der Waals surface area contributed by atoms with Crippen molar-refractivity contribution in [1.82, 2.24) is 9.97 Å². The van der Waals surface area contributed by atoms with Crippen LogP contribution in [0.25, 0.3) is 11.0 Å². The van der Waals surface area contributed by atoms with Crippen LogP contribution >= 0.6 is 0 Å². The number of rotatable bonds is 4. The summed E-state index contributed by atoms with van der Waals surface area (Å²) in [5.74, 6) is 0.0421. The van der Waals surface area contributed by atoms with Crippen LogP contribution in [0.3, 0.4) is 0 Å². The SMILES string of the molecule is Nc1ccc(Oc2ccnc3[nH]cc(CCO)c23)c(F)c1. The summed E-state index contributed by atoms with van der Waals surface area (Å²) in [6.07, 6.45) is 3.80. The normalized spacial score (nSPS) is 11.0. The molecular weight excluding hydrogens is 273 g/mol. The monoisotopic (exact) mass is 287 g/mol. The van der Waals surface area contributed by atoms with Crippen molar-refractivity contribution in [3.63, 3.8) is 0 Å². The van der Waals surface area contributed by atoms with E-state index in [1.807, 2.05) is 0 Å². The Hall–Kier alpha value is -2.60. The average molecular weight is 287 g/mol. The van der Waals surface area contributed by atoms with Gasteiger partial charge in [-0.15, -0.1) is 0 Å². The fourth-order valence-corrected chi connectivity index (χ4v) is 2.21. The minimum atomic E-state index is -0.529. The first-order valence-electron chi connectivity index (χ1n) is 6.47. The van der Waals surface area contributed by atoms with Crippen molar-refractivity contribution >= 4 is 16.7 Å². The van der Waals surface area contributed by atoms with Gasteiger partial charge in [0.05, 0.1) is 5.39 Å². The van der Waals surface area contributed by atoms with Crippen molar-refractivity contribution in [2.75, 3.05) is 12.3 Å². The maximum Gasteiger partial charge on any atom is 0.167 e. The molecule has 2 aromatic heterocycles. The van der Waals surface area contributed by atoms with Crippen molar-refractivity contribution in [1.29, 1.82) is 0 Å². The first kappa shape index (κ1) is 13.4. The summed E-state index contributed by atoms with van der Waals surface area (Å²) in [6.45, 7) is 0.0114. The summed E-state index contributed by atoms with van der Waals surface area (Å²) in [7, 11) is 0. The number of nitrogens with zero attached hydrogens (tertiary/aromatic N) is 1. The maximum absolute atomic E-state index is 13.8. The van der Waals surface area contributed by atoms with Gasteiger partial charge in [-0.05, 0) is 30.2 Å². The number of nitrogen functional groups attached to an aromatic ring is 1. The number of hydrogen-bond donors (Lipinski definition) is 3. The second-order valence-corrected chi connectivity index (χ2v) is 4.61. The van der Waals surface area contributed by atoms with Gasteiger partial charge in [-0.1, -0.05) is 0 Å². The van der Waals surface area contributed by atoms with Gasteiger partial charge in [0.1, 0.15) is 11.4 Å². The number of aliphatic hydroxyl groups is 1. The molecule has 0 bridgehead atoms. The van der Waals surface area contributed by atoms with E-state index < -0.39 is 5.82 Å². The van der Waals surface area contributed by atoms with Gasteiger partial charge in [0, 0.05) is 30.8 Å². The van der Waals surface area contributed by atoms with E-state index in [4.69, 9.17) is 15.6 Å². The number of fused-ring (bicyclic) bond motifs is 1. The molecule has 2 heterocycles. The van der Waals surface area contributed by atoms with Gasteiger partial charge in [0.15, 0.2) is 11.6 Å². The summed E-state index contributed by atoms with van der Waals surface area (Å²) in [4.78, 5) is 7.20. The number of nitrogens with one attached hydrogen (secondary N) is 1. The number of pyridine rings is 1. The molecular formula is C15H14FN3O2. The van der Waals surface area contributed by atoms with Gasteiger partial charge in [-0.2, -0.15) is 0 Å². The predicted octanol–water partition coefficient (Wildman–Crippen LogP) is 2.61. The first-order chi connectivity index (χ1) is 10.2. The summed E-state index contributed by atoms with van der Waals surface area (Å²) < 4.78 is 19.5. The third-order valence-corrected chi connectivity index (χ3v) is 3.17. The highest BCUT2D eigenvalue weighted by atomic mass is 19.1. The Morgan fingerprint density at radius 2 is 2.14 bits per heavy atom. The quantitative estimate of drug-likeness (QED) is 0.644. The van der Waals surface area contributed by atoms with E-state index in [1.54, 1.807) is 24.5 Å². The molecule has 21 heavy (non-hydrogen) atoms. The Bertz CT molecular complexity index is 786. The lowest BCUT2D eigenvalue weighted by atomic mass is 10.1. The van der Waals surface area contributed by atoms with Crippen molar-refractivity contribution < 1.29 is 14.2 Å². The molecule has 0 aliphatic rings. The van der Waals surface area contributed by atoms with E-state index in [0.29, 0.717) is 23.5 Å². The lowest BCUT2D eigenvalue weighted by Crippen LogP contribution is -1.94. The zero-order valence-electron chi connectivity index (χ0n) is 11.1. The molecule has 6 heteroatoms. The molecule has 0 saturated heterocycles. The van der Waals surface area contributed by atoms with Crippen LogP contribution in [0.4, 0.5) is 10.1 Å². The molecule has 0 atom stereocenters. The third kappa shape index (κ3) is 2.53. The highest BCUT2D eigenvalue weighted by Crippen LogP contribution is 2.33. The Morgan fingerprint density at radius 3 is 2.90 bits per heavy atom. The fraction of sp³-hybridized carbons (Fsp3) is 0.133. The van der Waals surface area contributed by atoms with E-state index in [-0.39, 0.29) is 12.4 Å². The Labute approximate surface area is 120 Å². The van der Waals surface area contributed by atoms with Crippen LogP contribution in [-0.4, -0.2) is 21.7 Å². The summed E-state index contributed by atoms with van der Waals surface area (Å²) in [6, 6.07) is 5.92. The number of aromatic nitrogens is 2. The Balaban J connectivity index is 2.05. The lowest BCUT2D eigenvalue weighted by Gasteiger charge is -2.09. The van der Waals surface area contributed by atoms with Gasteiger partial charge in [-0.25, -0.2) is 9.37 Å². The first-order valence-corrected chi connectivity index (χ1v) is 6.47. The molecule has 0 fully saturated rings. The summed E-state index contributed by atoms with van der Waals surface area (Å²) in [5.41, 5.74) is 7.35. The number of anilines is 1. The number of hydrogen-bond acceptors (Lipinski definition) is 4. The molecule has 1 aromatic carbocycles. The van der Waals surface area contributed by atoms with Crippen LogP contribution in [-0.2, 0) is 6.42 Å². The molecule has 3 rings (SSSR count). The minimum absolute atomic E-state index is 0.0114. The second-order valence-electron chi connectivity index (χ2n) is 4.61. The van der Waals surface area contributed by atoms with Gasteiger partial charge in [-0.3, -0.25) is 0 Å². The molecule has 0 amide bonds. The third-order valence-electron chi connectivity index (χ3n) is 3.17. The van der Waals surface area contributed by atoms with Gasteiger partial charge < -0.3 is 20.6 Å². The molecule has 4 N–H and O–H groups in total. The van der Waals surface area contributed by atoms with Crippen LogP contribution in [0, 0.1) is 5.82 Å². The highest BCUT2D eigenvalue weighted by Gasteiger charge is 2.13. The Kier molecular flexibility index (Phi) is 3.45. The largest absolute Gasteiger partial charge is 0.453 e. The van der Waals surface area contributed by atoms with E-state index in [2.05, 4.69) is 9.97 Å². The fourth-order valence-electron chi connectivity index (χ4n) is 2.21. The van der Waals surface area contributed by atoms with Crippen molar-refractivity contribution in [3.05, 3.63) is 48.0 Å². The number of H-pyrrole nitrogens is 1. The van der Waals surface area contributed by atoms with E-state index in [9.17, 15) is 4.39 Å². The molecule has 0 unspecified atom stereocenters. The molecule has 0 aliphatic heterocycles. The second kappa shape index (κ2) is 5.41. The molecule has 3 aromatic rings. The number of benzene rings is 1. The summed E-state index contributed by atoms with van der Waals surface area (Å²) in [5, 5.41) is 9.84. The van der Waals surface area contributed by atoms with Crippen molar-refractivity contribution in [3.8, 4) is 11.5 Å². The van der Waals surface area contributed by atoms with E-state index in [1.165, 1.54) is 12.1 Å². The molecule has 0 radical (unpaired) electrons. The van der Waals surface area contributed by atoms with Gasteiger partial charge >= 0.3 is 0 Å². The Morgan fingerprint density at radius 1 is 1.29 bits per heavy atom. The van der Waals surface area contributed by atoms with Crippen LogP contribution in [0.5, 0.6) is 11.5 Å². The van der Waals surface area contributed by atoms with E-state index >= 15 is 0 Å². The number of ether oxygens (including phenoxy) is 1. The molecule has 108 valence electrons. The number of aliphatic hydroxyl groups excluding tert-OH is 1. The van der Waals surface area contributed by atoms with Crippen LogP contribution in [0.1, 0.15) is 5.56 Å². The van der Waals surface area contributed by atoms with Crippen LogP contribution < -0.4 is 10.5 Å². The number of nitrogens with two attached hydrogens (primary N) is 1. The minimum Gasteiger partial charge on any atom is -0.453 e. The number of aromatic amines is 1. The molecule has 0 saturated carbocycles. The zero-order valence-corrected chi connectivity index (χ0v) is 11.1. The molecule has 5 nitrogen and oxygen atoms in total. The maximum atomic E-state index is 13.8. The van der Waals surface area contributed by atoms with Crippen LogP contribution in [0.15, 0.2) is 36.7 Å². The highest BCUT2D eigenvalue weighted by molar-refractivity contribution is 5.86.